The molecule has 0 aliphatic carbocycles. The van der Waals surface area contributed by atoms with Gasteiger partial charge >= 0.3 is 0 Å². The topological polar surface area (TPSA) is 53.0 Å². The van der Waals surface area contributed by atoms with Gasteiger partial charge in [0.25, 0.3) is 0 Å². The van der Waals surface area contributed by atoms with E-state index in [2.05, 4.69) is 4.90 Å². The smallest absolute Gasteiger partial charge is 0.241 e. The number of thiophene rings is 1. The highest BCUT2D eigenvalue weighted by molar-refractivity contribution is 7.14. The van der Waals surface area contributed by atoms with Crippen LogP contribution in [0.1, 0.15) is 5.56 Å². The van der Waals surface area contributed by atoms with Gasteiger partial charge in [0.2, 0.25) is 5.91 Å². The second-order valence-electron chi connectivity index (χ2n) is 5.21. The number of amides is 1. The molecule has 1 N–H and O–H groups in total. The third-order valence-corrected chi connectivity index (χ3v) is 4.61. The minimum atomic E-state index is 0.124. The Morgan fingerprint density at radius 3 is 2.86 bits per heavy atom. The number of carbonyl (C=O) groups excluding carboxylic acids is 1. The van der Waals surface area contributed by atoms with E-state index in [0.29, 0.717) is 25.4 Å². The van der Waals surface area contributed by atoms with E-state index in [4.69, 9.17) is 4.74 Å². The molecule has 1 aliphatic rings. The molecule has 1 aliphatic heterocycles. The number of aromatic hydroxyl groups is 1. The van der Waals surface area contributed by atoms with Gasteiger partial charge < -0.3 is 14.7 Å². The van der Waals surface area contributed by atoms with Gasteiger partial charge in [-0.25, -0.2) is 0 Å². The lowest BCUT2D eigenvalue weighted by atomic mass is 10.1. The van der Waals surface area contributed by atoms with E-state index in [1.54, 1.807) is 17.4 Å². The fraction of sp³-hybridized carbons (Fsp3) is 0.312. The quantitative estimate of drug-likeness (QED) is 0.940. The van der Waals surface area contributed by atoms with E-state index in [1.807, 2.05) is 34.5 Å². The average molecular weight is 318 g/mol. The number of ether oxygens (including phenoxy) is 1. The van der Waals surface area contributed by atoms with Gasteiger partial charge in [-0.3, -0.25) is 9.69 Å². The zero-order valence-corrected chi connectivity index (χ0v) is 13.2. The summed E-state index contributed by atoms with van der Waals surface area (Å²) in [7, 11) is 1.53. The summed E-state index contributed by atoms with van der Waals surface area (Å²) >= 11 is 1.59. The van der Waals surface area contributed by atoms with E-state index < -0.39 is 0 Å². The van der Waals surface area contributed by atoms with Crippen LogP contribution in [0.5, 0.6) is 11.5 Å². The SMILES string of the molecule is COc1cc(CN2CCN(c3cccs3)C(=O)C2)ccc1O. The molecule has 0 bridgehead atoms. The maximum Gasteiger partial charge on any atom is 0.241 e. The van der Waals surface area contributed by atoms with Crippen molar-refractivity contribution in [3.63, 3.8) is 0 Å². The van der Waals surface area contributed by atoms with Crippen LogP contribution in [0.3, 0.4) is 0 Å². The van der Waals surface area contributed by atoms with E-state index in [0.717, 1.165) is 17.1 Å². The summed E-state index contributed by atoms with van der Waals surface area (Å²) in [4.78, 5) is 16.3. The molecular formula is C16H18N2O3S. The molecule has 1 fully saturated rings. The number of rotatable bonds is 4. The Hall–Kier alpha value is -2.05. The van der Waals surface area contributed by atoms with Crippen molar-refractivity contribution >= 4 is 22.2 Å². The Morgan fingerprint density at radius 2 is 2.18 bits per heavy atom. The Morgan fingerprint density at radius 1 is 1.32 bits per heavy atom. The molecule has 0 unspecified atom stereocenters. The van der Waals surface area contributed by atoms with E-state index >= 15 is 0 Å². The molecule has 0 spiro atoms. The average Bonchev–Trinajstić information content (AvgIpc) is 3.03. The van der Waals surface area contributed by atoms with Crippen LogP contribution in [0.25, 0.3) is 0 Å². The third-order valence-electron chi connectivity index (χ3n) is 3.72. The van der Waals surface area contributed by atoms with Gasteiger partial charge in [-0.05, 0) is 35.2 Å². The maximum atomic E-state index is 12.3. The highest BCUT2D eigenvalue weighted by atomic mass is 32.1. The van der Waals surface area contributed by atoms with E-state index in [-0.39, 0.29) is 11.7 Å². The van der Waals surface area contributed by atoms with Crippen molar-refractivity contribution in [1.29, 1.82) is 0 Å². The fourth-order valence-corrected chi connectivity index (χ4v) is 3.37. The number of hydrogen-bond donors (Lipinski definition) is 1. The maximum absolute atomic E-state index is 12.3. The summed E-state index contributed by atoms with van der Waals surface area (Å²) in [5.74, 6) is 0.713. The number of carbonyl (C=O) groups is 1. The van der Waals surface area contributed by atoms with Crippen LogP contribution >= 0.6 is 11.3 Å². The predicted molar refractivity (Wildman–Crippen MR) is 86.6 cm³/mol. The molecule has 3 rings (SSSR count). The molecule has 1 saturated heterocycles. The summed E-state index contributed by atoms with van der Waals surface area (Å²) in [6.07, 6.45) is 0. The number of benzene rings is 1. The lowest BCUT2D eigenvalue weighted by Crippen LogP contribution is -2.49. The molecule has 1 aromatic heterocycles. The van der Waals surface area contributed by atoms with Gasteiger partial charge in [0.05, 0.1) is 18.7 Å². The standard InChI is InChI=1S/C16H18N2O3S/c1-21-14-9-12(4-5-13(14)19)10-17-6-7-18(15(20)11-17)16-3-2-8-22-16/h2-5,8-9,19H,6-7,10-11H2,1H3. The van der Waals surface area contributed by atoms with Crippen molar-refractivity contribution in [3.8, 4) is 11.5 Å². The van der Waals surface area contributed by atoms with Gasteiger partial charge in [0.15, 0.2) is 11.5 Å². The summed E-state index contributed by atoms with van der Waals surface area (Å²) in [5, 5.41) is 12.6. The molecule has 116 valence electrons. The second kappa shape index (κ2) is 6.37. The summed E-state index contributed by atoms with van der Waals surface area (Å²) < 4.78 is 5.12. The Kier molecular flexibility index (Phi) is 4.31. The Balaban J connectivity index is 1.65. The van der Waals surface area contributed by atoms with Crippen LogP contribution in [-0.2, 0) is 11.3 Å². The van der Waals surface area contributed by atoms with Crippen molar-refractivity contribution in [2.75, 3.05) is 31.6 Å². The molecule has 6 heteroatoms. The van der Waals surface area contributed by atoms with Gasteiger partial charge in [-0.1, -0.05) is 6.07 Å². The Bertz CT molecular complexity index is 657. The van der Waals surface area contributed by atoms with Gasteiger partial charge in [0.1, 0.15) is 0 Å². The van der Waals surface area contributed by atoms with E-state index in [1.165, 1.54) is 7.11 Å². The molecule has 2 heterocycles. The first kappa shape index (κ1) is 14.9. The number of piperazine rings is 1. The number of nitrogens with zero attached hydrogens (tertiary/aromatic N) is 2. The molecular weight excluding hydrogens is 300 g/mol. The molecule has 1 aromatic carbocycles. The largest absolute Gasteiger partial charge is 0.504 e. The molecule has 0 atom stereocenters. The monoisotopic (exact) mass is 318 g/mol. The Labute approximate surface area is 133 Å². The third kappa shape index (κ3) is 3.08. The minimum absolute atomic E-state index is 0.124. The van der Waals surface area contributed by atoms with Crippen molar-refractivity contribution in [1.82, 2.24) is 4.90 Å². The molecule has 1 amide bonds. The summed E-state index contributed by atoms with van der Waals surface area (Å²) in [6, 6.07) is 9.22. The second-order valence-corrected chi connectivity index (χ2v) is 6.14. The van der Waals surface area contributed by atoms with Gasteiger partial charge in [-0.15, -0.1) is 11.3 Å². The number of anilines is 1. The summed E-state index contributed by atoms with van der Waals surface area (Å²) in [6.45, 7) is 2.60. The first-order valence-corrected chi connectivity index (χ1v) is 7.97. The van der Waals surface area contributed by atoms with Gasteiger partial charge in [-0.2, -0.15) is 0 Å². The first-order valence-electron chi connectivity index (χ1n) is 7.09. The normalized spacial score (nSPS) is 16.0. The van der Waals surface area contributed by atoms with Crippen LogP contribution in [0.2, 0.25) is 0 Å². The minimum Gasteiger partial charge on any atom is -0.504 e. The number of phenolic OH excluding ortho intramolecular Hbond substituents is 1. The predicted octanol–water partition coefficient (Wildman–Crippen LogP) is 2.31. The van der Waals surface area contributed by atoms with Crippen molar-refractivity contribution in [2.24, 2.45) is 0 Å². The van der Waals surface area contributed by atoms with Crippen molar-refractivity contribution < 1.29 is 14.6 Å². The van der Waals surface area contributed by atoms with Crippen LogP contribution in [0.15, 0.2) is 35.7 Å². The molecule has 2 aromatic rings. The number of methoxy groups -OCH3 is 1. The van der Waals surface area contributed by atoms with Gasteiger partial charge in [0, 0.05) is 19.6 Å². The van der Waals surface area contributed by atoms with Crippen LogP contribution in [0, 0.1) is 0 Å². The highest BCUT2D eigenvalue weighted by Crippen LogP contribution is 2.27. The molecule has 0 radical (unpaired) electrons. The van der Waals surface area contributed by atoms with Crippen LogP contribution < -0.4 is 9.64 Å². The van der Waals surface area contributed by atoms with Crippen LogP contribution in [0.4, 0.5) is 5.00 Å². The molecule has 0 saturated carbocycles. The summed E-state index contributed by atoms with van der Waals surface area (Å²) in [5.41, 5.74) is 1.02. The number of hydrogen-bond acceptors (Lipinski definition) is 5. The molecule has 5 nitrogen and oxygen atoms in total. The van der Waals surface area contributed by atoms with Crippen molar-refractivity contribution in [2.45, 2.75) is 6.54 Å². The molecule has 22 heavy (non-hydrogen) atoms. The fourth-order valence-electron chi connectivity index (χ4n) is 2.59. The zero-order valence-electron chi connectivity index (χ0n) is 12.4. The lowest BCUT2D eigenvalue weighted by Gasteiger charge is -2.33. The number of phenols is 1. The first-order chi connectivity index (χ1) is 10.7. The lowest BCUT2D eigenvalue weighted by molar-refractivity contribution is -0.121. The van der Waals surface area contributed by atoms with Crippen LogP contribution in [-0.4, -0.2) is 42.7 Å². The van der Waals surface area contributed by atoms with Crippen molar-refractivity contribution in [3.05, 3.63) is 41.3 Å². The highest BCUT2D eigenvalue weighted by Gasteiger charge is 2.25. The van der Waals surface area contributed by atoms with E-state index in [9.17, 15) is 9.90 Å². The zero-order chi connectivity index (χ0) is 15.5.